The highest BCUT2D eigenvalue weighted by atomic mass is 16.5. The summed E-state index contributed by atoms with van der Waals surface area (Å²) < 4.78 is 10.6. The Balaban J connectivity index is 2.20. The molecule has 1 aromatic rings. The number of carbonyl (C=O) groups is 2. The number of benzene rings is 1. The van der Waals surface area contributed by atoms with Crippen molar-refractivity contribution in [2.75, 3.05) is 58.9 Å². The number of anilines is 1. The average molecular weight is 335 g/mol. The number of methoxy groups -OCH3 is 2. The van der Waals surface area contributed by atoms with Crippen molar-refractivity contribution in [3.63, 3.8) is 0 Å². The quantitative estimate of drug-likeness (QED) is 0.798. The van der Waals surface area contributed by atoms with Gasteiger partial charge in [-0.1, -0.05) is 0 Å². The summed E-state index contributed by atoms with van der Waals surface area (Å²) in [6.45, 7) is 4.47. The highest BCUT2D eigenvalue weighted by Crippen LogP contribution is 2.32. The van der Waals surface area contributed by atoms with Gasteiger partial charge in [0.1, 0.15) is 18.0 Å². The molecule has 0 N–H and O–H groups in total. The minimum atomic E-state index is -0.218. The highest BCUT2D eigenvalue weighted by molar-refractivity contribution is 5.98. The van der Waals surface area contributed by atoms with Crippen LogP contribution < -0.4 is 14.4 Å². The molecule has 7 heteroatoms. The molecule has 7 nitrogen and oxygen atoms in total. The third-order valence-corrected chi connectivity index (χ3v) is 4.21. The number of ether oxygens (including phenoxy) is 2. The molecule has 1 aliphatic heterocycles. The van der Waals surface area contributed by atoms with E-state index in [0.717, 1.165) is 13.1 Å². The van der Waals surface area contributed by atoms with Crippen LogP contribution in [0.2, 0.25) is 0 Å². The van der Waals surface area contributed by atoms with Crippen molar-refractivity contribution >= 4 is 17.5 Å². The van der Waals surface area contributed by atoms with Gasteiger partial charge in [-0.25, -0.2) is 0 Å². The zero-order chi connectivity index (χ0) is 17.7. The van der Waals surface area contributed by atoms with Crippen molar-refractivity contribution < 1.29 is 19.1 Å². The second kappa shape index (κ2) is 8.01. The fraction of sp³-hybridized carbons (Fsp3) is 0.529. The first-order chi connectivity index (χ1) is 11.5. The minimum Gasteiger partial charge on any atom is -0.497 e. The van der Waals surface area contributed by atoms with Gasteiger partial charge in [0.25, 0.3) is 0 Å². The molecule has 1 aromatic carbocycles. The Morgan fingerprint density at radius 3 is 2.33 bits per heavy atom. The smallest absolute Gasteiger partial charge is 0.242 e. The SMILES string of the molecule is COc1ccc(OC)c(N(CC(=O)N2CCN(C)CC2)C(C)=O)c1. The van der Waals surface area contributed by atoms with Gasteiger partial charge in [-0.2, -0.15) is 0 Å². The third kappa shape index (κ3) is 4.17. The molecule has 0 atom stereocenters. The van der Waals surface area contributed by atoms with Crippen LogP contribution >= 0.6 is 0 Å². The number of likely N-dealkylation sites (N-methyl/N-ethyl adjacent to an activating group) is 1. The summed E-state index contributed by atoms with van der Waals surface area (Å²) in [5.74, 6) is 0.841. The number of piperazine rings is 1. The molecule has 0 unspecified atom stereocenters. The molecule has 2 rings (SSSR count). The molecular weight excluding hydrogens is 310 g/mol. The maximum Gasteiger partial charge on any atom is 0.242 e. The molecule has 24 heavy (non-hydrogen) atoms. The van der Waals surface area contributed by atoms with Crippen LogP contribution in [0.3, 0.4) is 0 Å². The maximum atomic E-state index is 12.6. The predicted molar refractivity (Wildman–Crippen MR) is 91.7 cm³/mol. The van der Waals surface area contributed by atoms with E-state index in [1.165, 1.54) is 18.9 Å². The Labute approximate surface area is 142 Å². The summed E-state index contributed by atoms with van der Waals surface area (Å²) in [5.41, 5.74) is 0.534. The van der Waals surface area contributed by atoms with Gasteiger partial charge in [0, 0.05) is 39.2 Å². The van der Waals surface area contributed by atoms with Crippen LogP contribution in [0.1, 0.15) is 6.92 Å². The third-order valence-electron chi connectivity index (χ3n) is 4.21. The minimum absolute atomic E-state index is 0.0113. The monoisotopic (exact) mass is 335 g/mol. The number of hydrogen-bond donors (Lipinski definition) is 0. The number of carbonyl (C=O) groups excluding carboxylic acids is 2. The number of rotatable bonds is 5. The first kappa shape index (κ1) is 18.1. The van der Waals surface area contributed by atoms with Crippen LogP contribution in [0.15, 0.2) is 18.2 Å². The van der Waals surface area contributed by atoms with E-state index < -0.39 is 0 Å². The van der Waals surface area contributed by atoms with Crippen LogP contribution in [0, 0.1) is 0 Å². The zero-order valence-electron chi connectivity index (χ0n) is 14.7. The summed E-state index contributed by atoms with van der Waals surface area (Å²) in [6.07, 6.45) is 0. The first-order valence-corrected chi connectivity index (χ1v) is 7.92. The van der Waals surface area contributed by atoms with Crippen LogP contribution in [-0.2, 0) is 9.59 Å². The van der Waals surface area contributed by atoms with Crippen LogP contribution in [-0.4, -0.2) is 75.6 Å². The molecule has 1 fully saturated rings. The van der Waals surface area contributed by atoms with Gasteiger partial charge in [0.15, 0.2) is 0 Å². The molecule has 2 amide bonds. The van der Waals surface area contributed by atoms with Gasteiger partial charge in [0.05, 0.1) is 19.9 Å². The molecule has 0 radical (unpaired) electrons. The molecule has 132 valence electrons. The zero-order valence-corrected chi connectivity index (χ0v) is 14.7. The second-order valence-corrected chi connectivity index (χ2v) is 5.83. The lowest BCUT2D eigenvalue weighted by atomic mass is 10.2. The van der Waals surface area contributed by atoms with Crippen molar-refractivity contribution in [3.05, 3.63) is 18.2 Å². The van der Waals surface area contributed by atoms with Gasteiger partial charge in [-0.15, -0.1) is 0 Å². The molecule has 0 aliphatic carbocycles. The van der Waals surface area contributed by atoms with Gasteiger partial charge < -0.3 is 19.3 Å². The molecule has 1 heterocycles. The lowest BCUT2D eigenvalue weighted by molar-refractivity contribution is -0.132. The van der Waals surface area contributed by atoms with Crippen LogP contribution in [0.25, 0.3) is 0 Å². The Morgan fingerprint density at radius 1 is 1.12 bits per heavy atom. The van der Waals surface area contributed by atoms with Crippen molar-refractivity contribution in [1.29, 1.82) is 0 Å². The van der Waals surface area contributed by atoms with E-state index in [9.17, 15) is 9.59 Å². The standard InChI is InChI=1S/C17H25N3O4/c1-13(21)20(12-17(22)19-9-7-18(2)8-10-19)15-11-14(23-3)5-6-16(15)24-4/h5-6,11H,7-10,12H2,1-4H3. The predicted octanol–water partition coefficient (Wildman–Crippen LogP) is 0.831. The fourth-order valence-electron chi connectivity index (χ4n) is 2.66. The Morgan fingerprint density at radius 2 is 1.79 bits per heavy atom. The highest BCUT2D eigenvalue weighted by Gasteiger charge is 2.25. The Hall–Kier alpha value is -2.28. The fourth-order valence-corrected chi connectivity index (χ4v) is 2.66. The molecule has 0 bridgehead atoms. The van der Waals surface area contributed by atoms with Crippen molar-refractivity contribution in [2.45, 2.75) is 6.92 Å². The summed E-state index contributed by atoms with van der Waals surface area (Å²) in [7, 11) is 5.12. The summed E-state index contributed by atoms with van der Waals surface area (Å²) >= 11 is 0. The topological polar surface area (TPSA) is 62.3 Å². The van der Waals surface area contributed by atoms with Crippen LogP contribution in [0.5, 0.6) is 11.5 Å². The molecular formula is C17H25N3O4. The van der Waals surface area contributed by atoms with Gasteiger partial charge >= 0.3 is 0 Å². The van der Waals surface area contributed by atoms with Crippen LogP contribution in [0.4, 0.5) is 5.69 Å². The summed E-state index contributed by atoms with van der Waals surface area (Å²) in [5, 5.41) is 0. The van der Waals surface area contributed by atoms with E-state index in [1.807, 2.05) is 7.05 Å². The van der Waals surface area contributed by atoms with Gasteiger partial charge in [-0.3, -0.25) is 14.5 Å². The van der Waals surface area contributed by atoms with E-state index in [4.69, 9.17) is 9.47 Å². The molecule has 1 saturated heterocycles. The lowest BCUT2D eigenvalue weighted by Crippen LogP contribution is -2.50. The van der Waals surface area contributed by atoms with Gasteiger partial charge in [0.2, 0.25) is 11.8 Å². The number of nitrogens with zero attached hydrogens (tertiary/aromatic N) is 3. The lowest BCUT2D eigenvalue weighted by Gasteiger charge is -2.34. The van der Waals surface area contributed by atoms with E-state index in [-0.39, 0.29) is 18.4 Å². The van der Waals surface area contributed by atoms with E-state index >= 15 is 0 Å². The van der Waals surface area contributed by atoms with Crippen molar-refractivity contribution in [1.82, 2.24) is 9.80 Å². The maximum absolute atomic E-state index is 12.6. The molecule has 0 aromatic heterocycles. The number of hydrogen-bond acceptors (Lipinski definition) is 5. The normalized spacial score (nSPS) is 15.1. The van der Waals surface area contributed by atoms with Crippen molar-refractivity contribution in [2.24, 2.45) is 0 Å². The van der Waals surface area contributed by atoms with E-state index in [2.05, 4.69) is 4.90 Å². The molecule has 0 saturated carbocycles. The second-order valence-electron chi connectivity index (χ2n) is 5.83. The van der Waals surface area contributed by atoms with E-state index in [0.29, 0.717) is 30.3 Å². The summed E-state index contributed by atoms with van der Waals surface area (Å²) in [4.78, 5) is 30.1. The van der Waals surface area contributed by atoms with E-state index in [1.54, 1.807) is 30.2 Å². The summed E-state index contributed by atoms with van der Waals surface area (Å²) in [6, 6.07) is 5.19. The Kier molecular flexibility index (Phi) is 6.03. The largest absolute Gasteiger partial charge is 0.497 e. The molecule has 0 spiro atoms. The molecule has 1 aliphatic rings. The van der Waals surface area contributed by atoms with Gasteiger partial charge in [-0.05, 0) is 19.2 Å². The van der Waals surface area contributed by atoms with Crippen molar-refractivity contribution in [3.8, 4) is 11.5 Å². The number of amides is 2. The average Bonchev–Trinajstić information content (AvgIpc) is 2.59. The Bertz CT molecular complexity index is 597. The first-order valence-electron chi connectivity index (χ1n) is 7.92.